The largest absolute Gasteiger partial charge is 0.462 e. The third-order valence-corrected chi connectivity index (χ3v) is 7.46. The van der Waals surface area contributed by atoms with Gasteiger partial charge in [0.25, 0.3) is 0 Å². The van der Waals surface area contributed by atoms with Gasteiger partial charge in [0.1, 0.15) is 12.7 Å². The van der Waals surface area contributed by atoms with E-state index in [1.165, 1.54) is 70.6 Å². The lowest BCUT2D eigenvalue weighted by atomic mass is 9.95. The molecule has 0 aliphatic carbocycles. The van der Waals surface area contributed by atoms with Crippen LogP contribution < -0.4 is 0 Å². The molecule has 0 saturated carbocycles. The Labute approximate surface area is 267 Å². The third kappa shape index (κ3) is 18.1. The number of carbonyl (C=O) groups is 5. The molecular formula is C33H55FO11. The Hall–Kier alpha value is -2.76. The number of hydrogen-bond donors (Lipinski definition) is 0. The SMILES string of the molecule is CCCCCCCCCCCCCCCCCC(=O)OC[C@H](F)[C@H]1OC(OC(C)=O)[C@@H](OC(C)=O)[C@@H](OC(C)=O)[C@@H]1OC(C)=O. The Balaban J connectivity index is 2.51. The number of unbranched alkanes of at least 4 members (excludes halogenated alkanes) is 14. The Bertz CT molecular complexity index is 896. The summed E-state index contributed by atoms with van der Waals surface area (Å²) < 4.78 is 46.9. The second-order valence-electron chi connectivity index (χ2n) is 11.7. The van der Waals surface area contributed by atoms with Gasteiger partial charge in [-0.2, -0.15) is 0 Å². The zero-order chi connectivity index (χ0) is 33.6. The second-order valence-corrected chi connectivity index (χ2v) is 11.7. The smallest absolute Gasteiger partial charge is 0.305 e. The van der Waals surface area contributed by atoms with Gasteiger partial charge in [-0.05, 0) is 6.42 Å². The first-order valence-corrected chi connectivity index (χ1v) is 16.6. The van der Waals surface area contributed by atoms with Crippen LogP contribution >= 0.6 is 0 Å². The van der Waals surface area contributed by atoms with Gasteiger partial charge in [-0.3, -0.25) is 24.0 Å². The maximum atomic E-state index is 15.5. The van der Waals surface area contributed by atoms with E-state index in [-0.39, 0.29) is 6.42 Å². The van der Waals surface area contributed by atoms with Crippen molar-refractivity contribution in [2.45, 2.75) is 174 Å². The van der Waals surface area contributed by atoms with Crippen LogP contribution in [0.5, 0.6) is 0 Å². The zero-order valence-electron chi connectivity index (χ0n) is 27.9. The Morgan fingerprint density at radius 2 is 0.978 bits per heavy atom. The van der Waals surface area contributed by atoms with E-state index in [2.05, 4.69) is 6.92 Å². The number of carbonyl (C=O) groups excluding carboxylic acids is 5. The molecule has 1 unspecified atom stereocenters. The molecule has 1 aliphatic heterocycles. The standard InChI is InChI=1S/C33H55FO11/c1-6-7-8-9-10-11-12-13-14-15-16-17-18-19-20-21-28(39)40-22-27(34)29-30(41-23(2)35)31(42-24(3)36)32(43-25(4)37)33(45-29)44-26(5)38/h27,29-33H,6-22H2,1-5H3/t27-,29+,30+,31-,32-,33?/m0/s1. The summed E-state index contributed by atoms with van der Waals surface area (Å²) in [6.07, 6.45) is 7.82. The van der Waals surface area contributed by atoms with Gasteiger partial charge in [0, 0.05) is 34.1 Å². The van der Waals surface area contributed by atoms with Crippen molar-refractivity contribution >= 4 is 29.8 Å². The predicted molar refractivity (Wildman–Crippen MR) is 162 cm³/mol. The summed E-state index contributed by atoms with van der Waals surface area (Å²) >= 11 is 0. The minimum Gasteiger partial charge on any atom is -0.462 e. The van der Waals surface area contributed by atoms with E-state index in [4.69, 9.17) is 28.4 Å². The number of ether oxygens (including phenoxy) is 6. The summed E-state index contributed by atoms with van der Waals surface area (Å²) in [7, 11) is 0. The minimum absolute atomic E-state index is 0.116. The molecule has 0 bridgehead atoms. The van der Waals surface area contributed by atoms with Crippen LogP contribution in [0.4, 0.5) is 4.39 Å². The Kier molecular flexibility index (Phi) is 21.1. The summed E-state index contributed by atoms with van der Waals surface area (Å²) in [5.74, 6) is -4.02. The number of halogens is 1. The fourth-order valence-corrected chi connectivity index (χ4v) is 5.33. The van der Waals surface area contributed by atoms with Gasteiger partial charge in [-0.1, -0.05) is 96.8 Å². The van der Waals surface area contributed by atoms with Gasteiger partial charge in [0.05, 0.1) is 0 Å². The maximum Gasteiger partial charge on any atom is 0.305 e. The normalized spacial score (nSPS) is 21.8. The van der Waals surface area contributed by atoms with Gasteiger partial charge in [-0.15, -0.1) is 0 Å². The summed E-state index contributed by atoms with van der Waals surface area (Å²) in [5, 5.41) is 0. The van der Waals surface area contributed by atoms with E-state index in [0.29, 0.717) is 6.42 Å². The second kappa shape index (κ2) is 23.6. The lowest BCUT2D eigenvalue weighted by Gasteiger charge is -2.44. The highest BCUT2D eigenvalue weighted by molar-refractivity contribution is 5.70. The Morgan fingerprint density at radius 3 is 1.42 bits per heavy atom. The predicted octanol–water partition coefficient (Wildman–Crippen LogP) is 6.21. The molecule has 0 amide bonds. The summed E-state index contributed by atoms with van der Waals surface area (Å²) in [6.45, 7) is 5.68. The summed E-state index contributed by atoms with van der Waals surface area (Å²) in [4.78, 5) is 59.5. The van der Waals surface area contributed by atoms with E-state index in [9.17, 15) is 24.0 Å². The van der Waals surface area contributed by atoms with E-state index >= 15 is 4.39 Å². The molecule has 6 atom stereocenters. The van der Waals surface area contributed by atoms with Gasteiger partial charge in [0.2, 0.25) is 12.4 Å². The zero-order valence-corrected chi connectivity index (χ0v) is 27.9. The van der Waals surface area contributed by atoms with Gasteiger partial charge >= 0.3 is 29.8 Å². The van der Waals surface area contributed by atoms with E-state index in [1.807, 2.05) is 0 Å². The molecule has 1 saturated heterocycles. The topological polar surface area (TPSA) is 141 Å². The number of esters is 5. The molecule has 0 radical (unpaired) electrons. The van der Waals surface area contributed by atoms with Gasteiger partial charge < -0.3 is 28.4 Å². The van der Waals surface area contributed by atoms with Crippen LogP contribution in [0.1, 0.15) is 137 Å². The molecule has 1 fully saturated rings. The van der Waals surface area contributed by atoms with Crippen molar-refractivity contribution in [3.8, 4) is 0 Å². The molecule has 0 N–H and O–H groups in total. The van der Waals surface area contributed by atoms with Crippen molar-refractivity contribution in [1.29, 1.82) is 0 Å². The van der Waals surface area contributed by atoms with Crippen LogP contribution in [-0.4, -0.2) is 73.3 Å². The molecule has 0 aromatic heterocycles. The number of alkyl halides is 1. The average Bonchev–Trinajstić information content (AvgIpc) is 2.95. The van der Waals surface area contributed by atoms with Gasteiger partial charge in [-0.25, -0.2) is 4.39 Å². The van der Waals surface area contributed by atoms with Crippen LogP contribution in [0.15, 0.2) is 0 Å². The molecule has 1 aliphatic rings. The molecule has 45 heavy (non-hydrogen) atoms. The molecule has 0 spiro atoms. The highest BCUT2D eigenvalue weighted by atomic mass is 19.1. The van der Waals surface area contributed by atoms with Crippen molar-refractivity contribution in [2.75, 3.05) is 6.61 Å². The fraction of sp³-hybridized carbons (Fsp3) is 0.848. The highest BCUT2D eigenvalue weighted by Gasteiger charge is 2.55. The van der Waals surface area contributed by atoms with E-state index < -0.39 is 73.3 Å². The molecular weight excluding hydrogens is 591 g/mol. The van der Waals surface area contributed by atoms with E-state index in [0.717, 1.165) is 47.0 Å². The first-order chi connectivity index (χ1) is 21.5. The monoisotopic (exact) mass is 646 g/mol. The number of hydrogen-bond acceptors (Lipinski definition) is 11. The third-order valence-electron chi connectivity index (χ3n) is 7.46. The van der Waals surface area contributed by atoms with Gasteiger partial charge in [0.15, 0.2) is 18.4 Å². The molecule has 260 valence electrons. The molecule has 1 rings (SSSR count). The first-order valence-electron chi connectivity index (χ1n) is 16.6. The maximum absolute atomic E-state index is 15.5. The van der Waals surface area contributed by atoms with Crippen molar-refractivity contribution in [2.24, 2.45) is 0 Å². The average molecular weight is 647 g/mol. The fourth-order valence-electron chi connectivity index (χ4n) is 5.33. The van der Waals surface area contributed by atoms with Crippen molar-refractivity contribution in [1.82, 2.24) is 0 Å². The van der Waals surface area contributed by atoms with Crippen molar-refractivity contribution in [3.05, 3.63) is 0 Å². The summed E-state index contributed by atoms with van der Waals surface area (Å²) in [6, 6.07) is 0. The molecule has 0 aromatic carbocycles. The first kappa shape index (κ1) is 40.3. The quantitative estimate of drug-likeness (QED) is 0.0710. The lowest BCUT2D eigenvalue weighted by molar-refractivity contribution is -0.305. The molecule has 1 heterocycles. The van der Waals surface area contributed by atoms with E-state index in [1.54, 1.807) is 0 Å². The van der Waals surface area contributed by atoms with Crippen molar-refractivity contribution in [3.63, 3.8) is 0 Å². The highest BCUT2D eigenvalue weighted by Crippen LogP contribution is 2.32. The molecule has 11 nitrogen and oxygen atoms in total. The molecule has 0 aromatic rings. The van der Waals surface area contributed by atoms with Crippen LogP contribution in [-0.2, 0) is 52.4 Å². The molecule has 12 heteroatoms. The van der Waals surface area contributed by atoms with Crippen LogP contribution in [0.25, 0.3) is 0 Å². The van der Waals surface area contributed by atoms with Crippen LogP contribution in [0.3, 0.4) is 0 Å². The Morgan fingerprint density at radius 1 is 0.578 bits per heavy atom. The van der Waals surface area contributed by atoms with Crippen LogP contribution in [0, 0.1) is 0 Å². The lowest BCUT2D eigenvalue weighted by Crippen LogP contribution is -2.64. The summed E-state index contributed by atoms with van der Waals surface area (Å²) in [5.41, 5.74) is 0. The minimum atomic E-state index is -2.08. The van der Waals surface area contributed by atoms with Crippen molar-refractivity contribution < 1.29 is 56.8 Å². The number of rotatable bonds is 23. The van der Waals surface area contributed by atoms with Crippen LogP contribution in [0.2, 0.25) is 0 Å².